The molecule has 0 radical (unpaired) electrons. The van der Waals surface area contributed by atoms with Gasteiger partial charge in [0.25, 0.3) is 0 Å². The Bertz CT molecular complexity index is 1170. The zero-order valence-electron chi connectivity index (χ0n) is 13.1. The minimum atomic E-state index is 0.173. The minimum Gasteiger partial charge on any atom is -0.351 e. The standard InChI is InChI=1S/C22H15NO/c1-3-7-16-14(5-1)9-11-18-21(16)22-17-8-4-2-6-15(17)10-12-19(22)23(18)20-13-24-20/h1-12,20H,13H2. The Kier molecular flexibility index (Phi) is 2.29. The molecule has 2 nitrogen and oxygen atoms in total. The maximum Gasteiger partial charge on any atom is 0.158 e. The van der Waals surface area contributed by atoms with Crippen LogP contribution in [0, 0.1) is 0 Å². The van der Waals surface area contributed by atoms with Gasteiger partial charge >= 0.3 is 0 Å². The summed E-state index contributed by atoms with van der Waals surface area (Å²) in [5.41, 5.74) is 2.53. The van der Waals surface area contributed by atoms with Gasteiger partial charge in [0.2, 0.25) is 0 Å². The molecule has 114 valence electrons. The van der Waals surface area contributed by atoms with E-state index in [0.29, 0.717) is 0 Å². The largest absolute Gasteiger partial charge is 0.351 e. The third-order valence-corrected chi connectivity index (χ3v) is 5.19. The van der Waals surface area contributed by atoms with Gasteiger partial charge in [-0.3, -0.25) is 0 Å². The molecule has 6 rings (SSSR count). The smallest absolute Gasteiger partial charge is 0.158 e. The lowest BCUT2D eigenvalue weighted by atomic mass is 10.00. The van der Waals surface area contributed by atoms with Crippen LogP contribution in [0.2, 0.25) is 0 Å². The van der Waals surface area contributed by atoms with Crippen molar-refractivity contribution in [3.63, 3.8) is 0 Å². The molecule has 1 aliphatic heterocycles. The summed E-state index contributed by atoms with van der Waals surface area (Å²) in [7, 11) is 0. The predicted octanol–water partition coefficient (Wildman–Crippen LogP) is 5.63. The van der Waals surface area contributed by atoms with Crippen LogP contribution in [0.15, 0.2) is 72.8 Å². The minimum absolute atomic E-state index is 0.173. The van der Waals surface area contributed by atoms with Gasteiger partial charge in [0, 0.05) is 10.8 Å². The van der Waals surface area contributed by atoms with Gasteiger partial charge in [-0.05, 0) is 33.7 Å². The molecule has 0 spiro atoms. The molecule has 5 aromatic rings. The van der Waals surface area contributed by atoms with E-state index in [-0.39, 0.29) is 6.23 Å². The fourth-order valence-corrected chi connectivity index (χ4v) is 4.08. The number of hydrogen-bond donors (Lipinski definition) is 0. The van der Waals surface area contributed by atoms with Crippen LogP contribution >= 0.6 is 0 Å². The zero-order valence-corrected chi connectivity index (χ0v) is 13.1. The summed E-state index contributed by atoms with van der Waals surface area (Å²) in [5, 5.41) is 7.89. The molecule has 1 saturated heterocycles. The lowest BCUT2D eigenvalue weighted by Gasteiger charge is -2.03. The number of hydrogen-bond acceptors (Lipinski definition) is 1. The second-order valence-electron chi connectivity index (χ2n) is 6.52. The molecule has 0 saturated carbocycles. The van der Waals surface area contributed by atoms with Crippen molar-refractivity contribution in [3.8, 4) is 0 Å². The molecular weight excluding hydrogens is 294 g/mol. The highest BCUT2D eigenvalue weighted by atomic mass is 16.6. The van der Waals surface area contributed by atoms with E-state index in [2.05, 4.69) is 77.4 Å². The molecule has 0 amide bonds. The maximum atomic E-state index is 5.66. The summed E-state index contributed by atoms with van der Waals surface area (Å²) in [6, 6.07) is 26.2. The number of benzene rings is 4. The van der Waals surface area contributed by atoms with Crippen molar-refractivity contribution in [1.29, 1.82) is 0 Å². The van der Waals surface area contributed by atoms with Crippen molar-refractivity contribution in [1.82, 2.24) is 4.57 Å². The Morgan fingerprint density at radius 1 is 0.667 bits per heavy atom. The Morgan fingerprint density at radius 3 is 1.67 bits per heavy atom. The lowest BCUT2D eigenvalue weighted by Crippen LogP contribution is -1.93. The van der Waals surface area contributed by atoms with Crippen LogP contribution in [-0.2, 0) is 4.74 Å². The topological polar surface area (TPSA) is 17.5 Å². The number of fused-ring (bicyclic) bond motifs is 7. The number of epoxide rings is 1. The number of aromatic nitrogens is 1. The molecule has 24 heavy (non-hydrogen) atoms. The van der Waals surface area contributed by atoms with Crippen LogP contribution in [0.3, 0.4) is 0 Å². The average Bonchev–Trinajstić information content (AvgIpc) is 3.41. The quantitative estimate of drug-likeness (QED) is 0.367. The average molecular weight is 309 g/mol. The van der Waals surface area contributed by atoms with Crippen molar-refractivity contribution >= 4 is 43.4 Å². The molecule has 1 atom stereocenters. The molecule has 2 heterocycles. The Labute approximate surface area is 138 Å². The van der Waals surface area contributed by atoms with Gasteiger partial charge in [-0.1, -0.05) is 60.7 Å². The highest BCUT2D eigenvalue weighted by molar-refractivity contribution is 6.28. The number of ether oxygens (including phenoxy) is 1. The van der Waals surface area contributed by atoms with E-state index >= 15 is 0 Å². The van der Waals surface area contributed by atoms with Crippen LogP contribution in [0.25, 0.3) is 43.4 Å². The predicted molar refractivity (Wildman–Crippen MR) is 99.4 cm³/mol. The summed E-state index contributed by atoms with van der Waals surface area (Å²) in [6.07, 6.45) is 0.173. The molecule has 0 N–H and O–H groups in total. The van der Waals surface area contributed by atoms with Gasteiger partial charge in [-0.25, -0.2) is 0 Å². The molecule has 1 unspecified atom stereocenters. The van der Waals surface area contributed by atoms with Gasteiger partial charge in [0.15, 0.2) is 6.23 Å². The van der Waals surface area contributed by atoms with Crippen LogP contribution in [0.1, 0.15) is 6.23 Å². The maximum absolute atomic E-state index is 5.66. The van der Waals surface area contributed by atoms with Crippen molar-refractivity contribution in [2.24, 2.45) is 0 Å². The highest BCUT2D eigenvalue weighted by Gasteiger charge is 2.29. The molecule has 1 fully saturated rings. The first kappa shape index (κ1) is 12.6. The van der Waals surface area contributed by atoms with Crippen LogP contribution in [-0.4, -0.2) is 11.2 Å². The van der Waals surface area contributed by atoms with E-state index in [0.717, 1.165) is 6.61 Å². The van der Waals surface area contributed by atoms with Crippen molar-refractivity contribution < 1.29 is 4.74 Å². The first-order chi connectivity index (χ1) is 11.9. The summed E-state index contributed by atoms with van der Waals surface area (Å²) < 4.78 is 8.02. The lowest BCUT2D eigenvalue weighted by molar-refractivity contribution is 0.364. The normalized spacial score (nSPS) is 17.2. The molecule has 1 aromatic heterocycles. The van der Waals surface area contributed by atoms with E-state index in [1.165, 1.54) is 43.4 Å². The molecule has 2 heteroatoms. The zero-order chi connectivity index (χ0) is 15.7. The van der Waals surface area contributed by atoms with Gasteiger partial charge in [0.05, 0.1) is 17.6 Å². The third kappa shape index (κ3) is 1.53. The molecule has 1 aliphatic rings. The molecule has 4 aromatic carbocycles. The molecular formula is C22H15NO. The van der Waals surface area contributed by atoms with Crippen molar-refractivity contribution in [2.45, 2.75) is 6.23 Å². The van der Waals surface area contributed by atoms with E-state index in [4.69, 9.17) is 4.74 Å². The number of nitrogens with zero attached hydrogens (tertiary/aromatic N) is 1. The fraction of sp³-hybridized carbons (Fsp3) is 0.0909. The Balaban J connectivity index is 1.98. The van der Waals surface area contributed by atoms with Gasteiger partial charge in [-0.2, -0.15) is 0 Å². The second kappa shape index (κ2) is 4.37. The van der Waals surface area contributed by atoms with Crippen LogP contribution in [0.4, 0.5) is 0 Å². The molecule has 0 bridgehead atoms. The summed E-state index contributed by atoms with van der Waals surface area (Å²) in [6.45, 7) is 0.804. The summed E-state index contributed by atoms with van der Waals surface area (Å²) in [5.74, 6) is 0. The Morgan fingerprint density at radius 2 is 1.17 bits per heavy atom. The highest BCUT2D eigenvalue weighted by Crippen LogP contribution is 2.42. The van der Waals surface area contributed by atoms with E-state index in [1.807, 2.05) is 0 Å². The van der Waals surface area contributed by atoms with Crippen LogP contribution < -0.4 is 0 Å². The fourth-order valence-electron chi connectivity index (χ4n) is 4.08. The molecule has 0 aliphatic carbocycles. The summed E-state index contributed by atoms with van der Waals surface area (Å²) in [4.78, 5) is 0. The first-order valence-corrected chi connectivity index (χ1v) is 8.36. The Hall–Kier alpha value is -2.84. The SMILES string of the molecule is c1ccc2c(c1)ccc1c2c2c3ccccc3ccc2n1C1CO1. The van der Waals surface area contributed by atoms with Crippen molar-refractivity contribution in [2.75, 3.05) is 6.61 Å². The summed E-state index contributed by atoms with van der Waals surface area (Å²) >= 11 is 0. The van der Waals surface area contributed by atoms with Gasteiger partial charge < -0.3 is 9.30 Å². The van der Waals surface area contributed by atoms with Crippen molar-refractivity contribution in [3.05, 3.63) is 72.8 Å². The second-order valence-corrected chi connectivity index (χ2v) is 6.52. The third-order valence-electron chi connectivity index (χ3n) is 5.19. The first-order valence-electron chi connectivity index (χ1n) is 8.36. The monoisotopic (exact) mass is 309 g/mol. The van der Waals surface area contributed by atoms with E-state index in [1.54, 1.807) is 0 Å². The van der Waals surface area contributed by atoms with Crippen LogP contribution in [0.5, 0.6) is 0 Å². The van der Waals surface area contributed by atoms with Gasteiger partial charge in [-0.15, -0.1) is 0 Å². The van der Waals surface area contributed by atoms with E-state index < -0.39 is 0 Å². The van der Waals surface area contributed by atoms with E-state index in [9.17, 15) is 0 Å². The number of rotatable bonds is 1. The van der Waals surface area contributed by atoms with Gasteiger partial charge in [0.1, 0.15) is 0 Å².